The van der Waals surface area contributed by atoms with Crippen LogP contribution in [0.3, 0.4) is 0 Å². The molecular weight excluding hydrogens is 250 g/mol. The Morgan fingerprint density at radius 1 is 1.20 bits per heavy atom. The minimum absolute atomic E-state index is 0.0126. The van der Waals surface area contributed by atoms with Crippen LogP contribution in [0, 0.1) is 5.92 Å². The van der Waals surface area contributed by atoms with E-state index in [2.05, 4.69) is 6.92 Å². The first-order valence-corrected chi connectivity index (χ1v) is 7.37. The topological polar surface area (TPSA) is 30.2 Å². The smallest absolute Gasteiger partial charge is 0.244 e. The van der Waals surface area contributed by atoms with Crippen molar-refractivity contribution in [1.82, 2.24) is 0 Å². The van der Waals surface area contributed by atoms with E-state index in [0.717, 1.165) is 36.6 Å². The minimum Gasteiger partial charge on any atom is -0.244 e. The van der Waals surface area contributed by atoms with Gasteiger partial charge in [-0.05, 0) is 25.0 Å². The van der Waals surface area contributed by atoms with Crippen LogP contribution in [0.15, 0.2) is 42.6 Å². The number of fused-ring (bicyclic) bond motifs is 1. The predicted molar refractivity (Wildman–Crippen MR) is 79.0 cm³/mol. The summed E-state index contributed by atoms with van der Waals surface area (Å²) >= 11 is 0. The van der Waals surface area contributed by atoms with Gasteiger partial charge >= 0.3 is 5.97 Å². The van der Waals surface area contributed by atoms with Gasteiger partial charge in [-0.1, -0.05) is 38.8 Å². The van der Waals surface area contributed by atoms with Gasteiger partial charge in [-0.25, -0.2) is 4.79 Å². The number of para-hydroxylation sites is 1. The summed E-state index contributed by atoms with van der Waals surface area (Å²) in [5.41, 5.74) is 0.911. The second kappa shape index (κ2) is 7.04. The summed E-state index contributed by atoms with van der Waals surface area (Å²) in [6.07, 6.45) is 5.67. The van der Waals surface area contributed by atoms with Crippen LogP contribution in [0.1, 0.15) is 39.5 Å². The van der Waals surface area contributed by atoms with E-state index in [1.165, 1.54) is 0 Å². The number of carbonyl (C=O) groups excluding carboxylic acids is 1. The molecule has 0 amide bonds. The van der Waals surface area contributed by atoms with Gasteiger partial charge in [0, 0.05) is 16.9 Å². The molecule has 0 saturated heterocycles. The van der Waals surface area contributed by atoms with Crippen molar-refractivity contribution in [1.29, 1.82) is 0 Å². The first kappa shape index (κ1) is 14.5. The second-order valence-electron chi connectivity index (χ2n) is 5.05. The summed E-state index contributed by atoms with van der Waals surface area (Å²) < 4.78 is 1.58. The fourth-order valence-electron chi connectivity index (χ4n) is 2.32. The lowest BCUT2D eigenvalue weighted by molar-refractivity contribution is -0.849. The van der Waals surface area contributed by atoms with E-state index in [1.54, 1.807) is 10.9 Å². The lowest BCUT2D eigenvalue weighted by atomic mass is 10.00. The molecule has 0 aliphatic rings. The molecule has 0 N–H and O–H groups in total. The highest BCUT2D eigenvalue weighted by atomic mass is 16.7. The molecule has 0 aliphatic carbocycles. The number of rotatable bonds is 6. The van der Waals surface area contributed by atoms with E-state index in [-0.39, 0.29) is 11.9 Å². The van der Waals surface area contributed by atoms with Crippen LogP contribution in [0.25, 0.3) is 10.9 Å². The number of aromatic nitrogens is 1. The molecule has 0 radical (unpaired) electrons. The van der Waals surface area contributed by atoms with E-state index in [9.17, 15) is 4.79 Å². The molecule has 3 nitrogen and oxygen atoms in total. The van der Waals surface area contributed by atoms with E-state index < -0.39 is 0 Å². The summed E-state index contributed by atoms with van der Waals surface area (Å²) in [5, 5.41) is 1.06. The zero-order chi connectivity index (χ0) is 14.4. The Balaban J connectivity index is 2.17. The molecule has 20 heavy (non-hydrogen) atoms. The minimum atomic E-state index is -0.137. The molecule has 1 atom stereocenters. The molecular formula is C17H22NO2+. The Labute approximate surface area is 120 Å². The zero-order valence-corrected chi connectivity index (χ0v) is 12.2. The van der Waals surface area contributed by atoms with Crippen LogP contribution in [0.5, 0.6) is 0 Å². The first-order chi connectivity index (χ1) is 9.76. The number of benzene rings is 1. The average molecular weight is 272 g/mol. The lowest BCUT2D eigenvalue weighted by Crippen LogP contribution is -2.48. The molecule has 0 spiro atoms. The van der Waals surface area contributed by atoms with Gasteiger partial charge in [-0.3, -0.25) is 0 Å². The number of unbranched alkanes of at least 4 members (excludes halogenated alkanes) is 1. The first-order valence-electron chi connectivity index (χ1n) is 7.37. The standard InChI is InChI=1S/C17H22NO2/c1-3-5-9-14(4-2)17(19)20-18-13-8-11-15-10-6-7-12-16(15)18/h6-8,10-14H,3-5,9H2,1-2H3/q+1. The molecule has 1 aromatic heterocycles. The molecule has 1 unspecified atom stereocenters. The molecule has 1 aromatic carbocycles. The van der Waals surface area contributed by atoms with Crippen molar-refractivity contribution in [2.45, 2.75) is 39.5 Å². The molecule has 2 rings (SSSR count). The van der Waals surface area contributed by atoms with Crippen molar-refractivity contribution in [2.24, 2.45) is 5.92 Å². The van der Waals surface area contributed by atoms with Gasteiger partial charge < -0.3 is 0 Å². The Bertz CT molecular complexity index is 575. The summed E-state index contributed by atoms with van der Waals surface area (Å²) in [7, 11) is 0. The summed E-state index contributed by atoms with van der Waals surface area (Å²) in [4.78, 5) is 17.8. The van der Waals surface area contributed by atoms with Crippen LogP contribution in [0.4, 0.5) is 0 Å². The summed E-state index contributed by atoms with van der Waals surface area (Å²) in [5.74, 6) is -0.149. The Hall–Kier alpha value is -1.90. The number of pyridine rings is 1. The number of nitrogens with zero attached hydrogens (tertiary/aromatic N) is 1. The molecule has 0 aliphatic heterocycles. The SMILES string of the molecule is CCCCC(CC)C(=O)O[n+]1cccc2ccccc21. The quantitative estimate of drug-likeness (QED) is 0.755. The van der Waals surface area contributed by atoms with Crippen molar-refractivity contribution in [3.63, 3.8) is 0 Å². The van der Waals surface area contributed by atoms with Gasteiger partial charge in [0.1, 0.15) is 0 Å². The lowest BCUT2D eigenvalue weighted by Gasteiger charge is -2.09. The third-order valence-corrected chi connectivity index (χ3v) is 3.59. The van der Waals surface area contributed by atoms with Crippen molar-refractivity contribution < 1.29 is 14.4 Å². The van der Waals surface area contributed by atoms with E-state index in [4.69, 9.17) is 4.84 Å². The molecule has 2 aromatic rings. The second-order valence-corrected chi connectivity index (χ2v) is 5.05. The highest BCUT2D eigenvalue weighted by Crippen LogP contribution is 2.13. The molecule has 0 bridgehead atoms. The predicted octanol–water partition coefficient (Wildman–Crippen LogP) is 3.30. The fourth-order valence-corrected chi connectivity index (χ4v) is 2.32. The monoisotopic (exact) mass is 272 g/mol. The number of hydrogen-bond donors (Lipinski definition) is 0. The largest absolute Gasteiger partial charge is 0.383 e. The van der Waals surface area contributed by atoms with Crippen molar-refractivity contribution >= 4 is 16.9 Å². The van der Waals surface area contributed by atoms with Crippen molar-refractivity contribution in [2.75, 3.05) is 0 Å². The number of carbonyl (C=O) groups is 1. The van der Waals surface area contributed by atoms with Crippen LogP contribution < -0.4 is 9.57 Å². The molecule has 106 valence electrons. The van der Waals surface area contributed by atoms with Crippen molar-refractivity contribution in [3.05, 3.63) is 42.6 Å². The van der Waals surface area contributed by atoms with Gasteiger partial charge in [0.05, 0.1) is 11.3 Å². The Morgan fingerprint density at radius 2 is 1.95 bits per heavy atom. The maximum absolute atomic E-state index is 12.3. The average Bonchev–Trinajstić information content (AvgIpc) is 2.48. The fraction of sp³-hybridized carbons (Fsp3) is 0.412. The highest BCUT2D eigenvalue weighted by molar-refractivity contribution is 5.76. The van der Waals surface area contributed by atoms with Crippen LogP contribution in [0.2, 0.25) is 0 Å². The van der Waals surface area contributed by atoms with Gasteiger partial charge in [0.2, 0.25) is 6.20 Å². The van der Waals surface area contributed by atoms with Crippen LogP contribution in [-0.2, 0) is 4.79 Å². The van der Waals surface area contributed by atoms with Gasteiger partial charge in [0.25, 0.3) is 5.52 Å². The number of hydrogen-bond acceptors (Lipinski definition) is 2. The Morgan fingerprint density at radius 3 is 2.70 bits per heavy atom. The van der Waals surface area contributed by atoms with E-state index >= 15 is 0 Å². The highest BCUT2D eigenvalue weighted by Gasteiger charge is 2.23. The van der Waals surface area contributed by atoms with Gasteiger partial charge in [-0.2, -0.15) is 4.84 Å². The Kier molecular flexibility index (Phi) is 5.10. The van der Waals surface area contributed by atoms with Crippen LogP contribution in [-0.4, -0.2) is 5.97 Å². The normalized spacial score (nSPS) is 12.3. The summed E-state index contributed by atoms with van der Waals surface area (Å²) in [6.45, 7) is 4.17. The van der Waals surface area contributed by atoms with Gasteiger partial charge in [-0.15, -0.1) is 0 Å². The molecule has 0 saturated carbocycles. The van der Waals surface area contributed by atoms with E-state index in [1.807, 2.05) is 43.3 Å². The summed E-state index contributed by atoms with van der Waals surface area (Å²) in [6, 6.07) is 11.8. The van der Waals surface area contributed by atoms with Crippen molar-refractivity contribution in [3.8, 4) is 0 Å². The third kappa shape index (κ3) is 3.35. The molecule has 3 heteroatoms. The van der Waals surface area contributed by atoms with E-state index in [0.29, 0.717) is 0 Å². The van der Waals surface area contributed by atoms with Crippen LogP contribution >= 0.6 is 0 Å². The van der Waals surface area contributed by atoms with Gasteiger partial charge in [0.15, 0.2) is 0 Å². The maximum Gasteiger partial charge on any atom is 0.383 e. The molecule has 1 heterocycles. The third-order valence-electron chi connectivity index (χ3n) is 3.59. The zero-order valence-electron chi connectivity index (χ0n) is 12.2. The maximum atomic E-state index is 12.3. The molecule has 0 fully saturated rings.